The second-order valence-electron chi connectivity index (χ2n) is 2.68. The molecule has 0 fully saturated rings. The van der Waals surface area contributed by atoms with Crippen LogP contribution in [-0.2, 0) is 10.1 Å². The Morgan fingerprint density at radius 3 is 2.73 bits per heavy atom. The van der Waals surface area contributed by atoms with E-state index in [0.29, 0.717) is 0 Å². The minimum atomic E-state index is -4.07. The first-order chi connectivity index (χ1) is 6.79. The van der Waals surface area contributed by atoms with Gasteiger partial charge in [-0.05, 0) is 11.6 Å². The van der Waals surface area contributed by atoms with Crippen molar-refractivity contribution in [2.75, 3.05) is 5.75 Å². The Hall–Kier alpha value is -0.410. The summed E-state index contributed by atoms with van der Waals surface area (Å²) in [5, 5.41) is 0.862. The zero-order chi connectivity index (χ0) is 11.6. The Labute approximate surface area is 96.3 Å². The molecule has 0 bridgehead atoms. The van der Waals surface area contributed by atoms with Gasteiger partial charge in [-0.15, -0.1) is 0 Å². The maximum atomic E-state index is 10.5. The Bertz CT molecular complexity index is 407. The Kier molecular flexibility index (Phi) is 3.90. The molecule has 0 aromatic rings. The molecule has 7 nitrogen and oxygen atoms in total. The van der Waals surface area contributed by atoms with Crippen molar-refractivity contribution in [1.29, 1.82) is 0 Å². The maximum Gasteiger partial charge on any atom is 0.265 e. The molecular formula is C5H8Cl2N4O3S. The Morgan fingerprint density at radius 1 is 1.60 bits per heavy atom. The highest BCUT2D eigenvalue weighted by Crippen LogP contribution is 2.13. The van der Waals surface area contributed by atoms with Gasteiger partial charge in [-0.3, -0.25) is 9.56 Å². The van der Waals surface area contributed by atoms with Crippen LogP contribution in [0.25, 0.3) is 0 Å². The third-order valence-corrected chi connectivity index (χ3v) is 2.76. The van der Waals surface area contributed by atoms with Gasteiger partial charge in [-0.1, -0.05) is 11.6 Å². The van der Waals surface area contributed by atoms with Crippen LogP contribution in [0.5, 0.6) is 0 Å². The highest BCUT2D eigenvalue weighted by molar-refractivity contribution is 7.85. The summed E-state index contributed by atoms with van der Waals surface area (Å²) in [6, 6.07) is 0. The second kappa shape index (κ2) is 4.62. The molecule has 3 N–H and O–H groups in total. The van der Waals surface area contributed by atoms with Crippen LogP contribution in [0.15, 0.2) is 9.98 Å². The van der Waals surface area contributed by atoms with E-state index < -0.39 is 21.5 Å². The lowest BCUT2D eigenvalue weighted by molar-refractivity contribution is 0.402. The van der Waals surface area contributed by atoms with Gasteiger partial charge in [0.15, 0.2) is 0 Å². The lowest BCUT2D eigenvalue weighted by Crippen LogP contribution is -2.45. The van der Waals surface area contributed by atoms with Crippen molar-refractivity contribution in [2.45, 2.75) is 12.0 Å². The number of hydrogen-bond acceptors (Lipinski definition) is 6. The molecule has 0 radical (unpaired) electrons. The summed E-state index contributed by atoms with van der Waals surface area (Å²) < 4.78 is 29.5. The van der Waals surface area contributed by atoms with Crippen molar-refractivity contribution in [3.63, 3.8) is 0 Å². The van der Waals surface area contributed by atoms with Gasteiger partial charge in [0.2, 0.25) is 10.9 Å². The fourth-order valence-electron chi connectivity index (χ4n) is 0.871. The molecule has 0 amide bonds. The van der Waals surface area contributed by atoms with Gasteiger partial charge < -0.3 is 0 Å². The molecule has 0 aromatic heterocycles. The smallest absolute Gasteiger partial charge is 0.265 e. The first kappa shape index (κ1) is 12.7. The molecule has 0 aromatic carbocycles. The molecule has 0 aliphatic carbocycles. The van der Waals surface area contributed by atoms with Crippen LogP contribution in [0, 0.1) is 0 Å². The molecule has 1 aliphatic heterocycles. The Balaban J connectivity index is 2.73. The van der Waals surface area contributed by atoms with E-state index in [2.05, 4.69) is 9.98 Å². The zero-order valence-electron chi connectivity index (χ0n) is 7.34. The van der Waals surface area contributed by atoms with Gasteiger partial charge in [0, 0.05) is 6.42 Å². The Morgan fingerprint density at radius 2 is 2.20 bits per heavy atom. The largest absolute Gasteiger partial charge is 0.286 e. The number of nitrogens with zero attached hydrogens (tertiary/aromatic N) is 3. The van der Waals surface area contributed by atoms with E-state index in [1.807, 2.05) is 0 Å². The van der Waals surface area contributed by atoms with Crippen LogP contribution in [0.2, 0.25) is 0 Å². The van der Waals surface area contributed by atoms with Gasteiger partial charge in [0.05, 0.1) is 5.75 Å². The number of alkyl halides is 1. The van der Waals surface area contributed by atoms with E-state index in [-0.39, 0.29) is 17.6 Å². The number of nitrogens with two attached hydrogens (primary N) is 1. The molecule has 0 saturated heterocycles. The van der Waals surface area contributed by atoms with E-state index >= 15 is 0 Å². The molecule has 1 rings (SSSR count). The van der Waals surface area contributed by atoms with Crippen LogP contribution >= 0.6 is 23.2 Å². The zero-order valence-corrected chi connectivity index (χ0v) is 9.67. The lowest BCUT2D eigenvalue weighted by Gasteiger charge is -2.25. The normalized spacial score (nSPS) is 22.4. The van der Waals surface area contributed by atoms with Crippen molar-refractivity contribution < 1.29 is 13.0 Å². The standard InChI is InChI=1S/C5H8Cl2N4O3S/c6-4-9-3(1-2-15(12,13)14)11(8)5(7)10-4/h5H,1-2,8H2,(H,12,13,14). The van der Waals surface area contributed by atoms with Gasteiger partial charge in [-0.25, -0.2) is 15.8 Å². The van der Waals surface area contributed by atoms with Crippen LogP contribution in [0.3, 0.4) is 0 Å². The molecule has 1 atom stereocenters. The molecular weight excluding hydrogens is 267 g/mol. The first-order valence-electron chi connectivity index (χ1n) is 3.73. The molecule has 10 heteroatoms. The number of hydrogen-bond donors (Lipinski definition) is 2. The lowest BCUT2D eigenvalue weighted by atomic mass is 10.4. The number of aliphatic imine (C=N–C) groups is 2. The average Bonchev–Trinajstić information content (AvgIpc) is 2.07. The van der Waals surface area contributed by atoms with Crippen molar-refractivity contribution in [3.05, 3.63) is 0 Å². The molecule has 1 unspecified atom stereocenters. The monoisotopic (exact) mass is 274 g/mol. The van der Waals surface area contributed by atoms with Crippen LogP contribution < -0.4 is 5.84 Å². The summed E-state index contributed by atoms with van der Waals surface area (Å²) in [7, 11) is -4.07. The van der Waals surface area contributed by atoms with Crippen molar-refractivity contribution in [1.82, 2.24) is 5.01 Å². The number of halogens is 2. The van der Waals surface area contributed by atoms with Crippen molar-refractivity contribution in [3.8, 4) is 0 Å². The minimum Gasteiger partial charge on any atom is -0.286 e. The van der Waals surface area contributed by atoms with E-state index in [9.17, 15) is 8.42 Å². The van der Waals surface area contributed by atoms with E-state index in [1.165, 1.54) is 0 Å². The van der Waals surface area contributed by atoms with Gasteiger partial charge in [0.1, 0.15) is 5.84 Å². The summed E-state index contributed by atoms with van der Waals surface area (Å²) in [6.45, 7) is 0. The second-order valence-corrected chi connectivity index (χ2v) is 4.98. The van der Waals surface area contributed by atoms with E-state index in [0.717, 1.165) is 5.01 Å². The number of hydrazine groups is 1. The predicted octanol–water partition coefficient (Wildman–Crippen LogP) is -0.0307. The first-order valence-corrected chi connectivity index (χ1v) is 6.16. The third-order valence-electron chi connectivity index (χ3n) is 1.55. The van der Waals surface area contributed by atoms with Crippen LogP contribution in [0.1, 0.15) is 6.42 Å². The highest BCUT2D eigenvalue weighted by Gasteiger charge is 2.22. The molecule has 0 saturated carbocycles. The summed E-state index contributed by atoms with van der Waals surface area (Å²) in [5.74, 6) is 5.08. The molecule has 1 aliphatic rings. The summed E-state index contributed by atoms with van der Waals surface area (Å²) in [5.41, 5.74) is -0.925. The van der Waals surface area contributed by atoms with E-state index in [4.69, 9.17) is 33.6 Å². The van der Waals surface area contributed by atoms with Crippen LogP contribution in [0.4, 0.5) is 0 Å². The van der Waals surface area contributed by atoms with Gasteiger partial charge >= 0.3 is 0 Å². The fourth-order valence-corrected chi connectivity index (χ4v) is 1.76. The quantitative estimate of drug-likeness (QED) is 0.325. The third kappa shape index (κ3) is 3.92. The summed E-state index contributed by atoms with van der Waals surface area (Å²) >= 11 is 11.1. The number of rotatable bonds is 3. The van der Waals surface area contributed by atoms with Crippen molar-refractivity contribution in [2.24, 2.45) is 15.8 Å². The van der Waals surface area contributed by atoms with Crippen LogP contribution in [-0.4, -0.2) is 40.5 Å². The molecule has 15 heavy (non-hydrogen) atoms. The molecule has 1 heterocycles. The van der Waals surface area contributed by atoms with Gasteiger partial charge in [0.25, 0.3) is 10.1 Å². The maximum absolute atomic E-state index is 10.5. The number of amidine groups is 2. The molecule has 86 valence electrons. The minimum absolute atomic E-state index is 0.0930. The van der Waals surface area contributed by atoms with Gasteiger partial charge in [-0.2, -0.15) is 8.42 Å². The van der Waals surface area contributed by atoms with Crippen molar-refractivity contribution >= 4 is 44.5 Å². The average molecular weight is 275 g/mol. The predicted molar refractivity (Wildman–Crippen MR) is 57.4 cm³/mol. The van der Waals surface area contributed by atoms with E-state index in [1.54, 1.807) is 0 Å². The topological polar surface area (TPSA) is 108 Å². The highest BCUT2D eigenvalue weighted by atomic mass is 35.5. The fraction of sp³-hybridized carbons (Fsp3) is 0.600. The summed E-state index contributed by atoms with van der Waals surface area (Å²) in [4.78, 5) is 7.30. The molecule has 0 spiro atoms. The summed E-state index contributed by atoms with van der Waals surface area (Å²) in [6.07, 6.45) is -0.0930. The SMILES string of the molecule is NN1C(CCS(=O)(=O)O)=NC(Cl)=NC1Cl.